The minimum atomic E-state index is -3.72. The van der Waals surface area contributed by atoms with Gasteiger partial charge in [-0.25, -0.2) is 8.42 Å². The quantitative estimate of drug-likeness (QED) is 0.863. The molecule has 1 amide bonds. The van der Waals surface area contributed by atoms with Crippen LogP contribution in [0.3, 0.4) is 0 Å². The van der Waals surface area contributed by atoms with E-state index in [1.807, 2.05) is 24.8 Å². The lowest BCUT2D eigenvalue weighted by Crippen LogP contribution is -2.38. The van der Waals surface area contributed by atoms with Gasteiger partial charge >= 0.3 is 0 Å². The summed E-state index contributed by atoms with van der Waals surface area (Å²) in [6.07, 6.45) is 0.773. The van der Waals surface area contributed by atoms with Crippen LogP contribution in [0.5, 0.6) is 0 Å². The van der Waals surface area contributed by atoms with Crippen LogP contribution < -0.4 is 4.72 Å². The van der Waals surface area contributed by atoms with E-state index in [1.54, 1.807) is 24.3 Å². The van der Waals surface area contributed by atoms with Crippen LogP contribution in [0.1, 0.15) is 25.0 Å². The van der Waals surface area contributed by atoms with E-state index in [-0.39, 0.29) is 16.7 Å². The van der Waals surface area contributed by atoms with Crippen molar-refractivity contribution in [3.05, 3.63) is 58.6 Å². The number of carbonyl (C=O) groups is 1. The first-order valence-electron chi connectivity index (χ1n) is 8.45. The van der Waals surface area contributed by atoms with Gasteiger partial charge in [0.1, 0.15) is 0 Å². The molecule has 1 aliphatic rings. The fourth-order valence-electron chi connectivity index (χ4n) is 3.02. The maximum atomic E-state index is 12.5. The summed E-state index contributed by atoms with van der Waals surface area (Å²) in [6, 6.07) is 11.6. The van der Waals surface area contributed by atoms with Gasteiger partial charge in [0, 0.05) is 29.7 Å². The highest BCUT2D eigenvalue weighted by Gasteiger charge is 2.23. The zero-order valence-electron chi connectivity index (χ0n) is 14.7. The molecule has 0 atom stereocenters. The summed E-state index contributed by atoms with van der Waals surface area (Å²) in [4.78, 5) is 14.2. The van der Waals surface area contributed by atoms with Crippen molar-refractivity contribution < 1.29 is 13.2 Å². The Kier molecular flexibility index (Phi) is 5.25. The molecule has 7 heteroatoms. The van der Waals surface area contributed by atoms with Crippen molar-refractivity contribution >= 4 is 33.2 Å². The molecule has 2 aromatic rings. The van der Waals surface area contributed by atoms with Crippen LogP contribution in [-0.2, 0) is 27.8 Å². The van der Waals surface area contributed by atoms with Crippen molar-refractivity contribution in [2.24, 2.45) is 5.92 Å². The summed E-state index contributed by atoms with van der Waals surface area (Å²) in [7, 11) is -3.72. The van der Waals surface area contributed by atoms with E-state index < -0.39 is 10.0 Å². The third kappa shape index (κ3) is 4.02. The summed E-state index contributed by atoms with van der Waals surface area (Å²) in [5.41, 5.74) is 2.59. The van der Waals surface area contributed by atoms with Crippen molar-refractivity contribution in [3.8, 4) is 0 Å². The fourth-order valence-corrected chi connectivity index (χ4v) is 4.37. The first-order valence-corrected chi connectivity index (χ1v) is 10.3. The van der Waals surface area contributed by atoms with Gasteiger partial charge in [0.25, 0.3) is 10.0 Å². The number of fused-ring (bicyclic) bond motifs is 1. The maximum absolute atomic E-state index is 12.5. The summed E-state index contributed by atoms with van der Waals surface area (Å²) in [6.45, 7) is 4.96. The molecule has 0 saturated carbocycles. The SMILES string of the molecule is CC(C)C(=O)N1CCc2ccc(NS(=O)(=O)c3cccc(Cl)c3)cc2C1. The lowest BCUT2D eigenvalue weighted by molar-refractivity contribution is -0.135. The molecule has 5 nitrogen and oxygen atoms in total. The second-order valence-corrected chi connectivity index (χ2v) is 8.83. The van der Waals surface area contributed by atoms with Gasteiger partial charge in [-0.15, -0.1) is 0 Å². The molecule has 0 bridgehead atoms. The number of hydrogen-bond donors (Lipinski definition) is 1. The molecule has 0 unspecified atom stereocenters. The molecule has 1 N–H and O–H groups in total. The lowest BCUT2D eigenvalue weighted by Gasteiger charge is -2.30. The van der Waals surface area contributed by atoms with Gasteiger partial charge in [0.15, 0.2) is 0 Å². The van der Waals surface area contributed by atoms with Gasteiger partial charge in [0.2, 0.25) is 5.91 Å². The van der Waals surface area contributed by atoms with Crippen molar-refractivity contribution in [3.63, 3.8) is 0 Å². The van der Waals surface area contributed by atoms with Crippen molar-refractivity contribution in [2.75, 3.05) is 11.3 Å². The number of nitrogens with zero attached hydrogens (tertiary/aromatic N) is 1. The van der Waals surface area contributed by atoms with E-state index in [9.17, 15) is 13.2 Å². The molecule has 0 fully saturated rings. The van der Waals surface area contributed by atoms with Crippen LogP contribution in [0.2, 0.25) is 5.02 Å². The predicted octanol–water partition coefficient (Wildman–Crippen LogP) is 3.68. The van der Waals surface area contributed by atoms with Gasteiger partial charge in [0.05, 0.1) is 4.90 Å². The third-order valence-corrected chi connectivity index (χ3v) is 6.00. The lowest BCUT2D eigenvalue weighted by atomic mass is 9.98. The summed E-state index contributed by atoms with van der Waals surface area (Å²) in [5, 5.41) is 0.362. The first-order chi connectivity index (χ1) is 12.3. The van der Waals surface area contributed by atoms with Crippen LogP contribution in [0.4, 0.5) is 5.69 Å². The van der Waals surface area contributed by atoms with Crippen LogP contribution in [0, 0.1) is 5.92 Å². The van der Waals surface area contributed by atoms with Crippen LogP contribution >= 0.6 is 11.6 Å². The minimum Gasteiger partial charge on any atom is -0.338 e. The number of amides is 1. The van der Waals surface area contributed by atoms with Crippen LogP contribution in [0.25, 0.3) is 0 Å². The number of anilines is 1. The Morgan fingerprint density at radius 2 is 1.92 bits per heavy atom. The molecule has 0 saturated heterocycles. The average Bonchev–Trinajstić information content (AvgIpc) is 2.60. The number of carbonyl (C=O) groups excluding carboxylic acids is 1. The zero-order valence-corrected chi connectivity index (χ0v) is 16.3. The number of rotatable bonds is 4. The number of sulfonamides is 1. The second kappa shape index (κ2) is 7.29. The topological polar surface area (TPSA) is 66.5 Å². The highest BCUT2D eigenvalue weighted by molar-refractivity contribution is 7.92. The highest BCUT2D eigenvalue weighted by Crippen LogP contribution is 2.25. The molecular weight excluding hydrogens is 372 g/mol. The van der Waals surface area contributed by atoms with Gasteiger partial charge in [-0.05, 0) is 47.9 Å². The van der Waals surface area contributed by atoms with E-state index in [0.29, 0.717) is 23.8 Å². The number of hydrogen-bond acceptors (Lipinski definition) is 3. The molecule has 0 spiro atoms. The molecule has 138 valence electrons. The Hall–Kier alpha value is -2.05. The Balaban J connectivity index is 1.83. The molecule has 26 heavy (non-hydrogen) atoms. The fraction of sp³-hybridized carbons (Fsp3) is 0.316. The Morgan fingerprint density at radius 3 is 2.62 bits per heavy atom. The van der Waals surface area contributed by atoms with E-state index >= 15 is 0 Å². The van der Waals surface area contributed by atoms with Gasteiger partial charge < -0.3 is 4.90 Å². The van der Waals surface area contributed by atoms with E-state index in [0.717, 1.165) is 17.5 Å². The van der Waals surface area contributed by atoms with Crippen molar-refractivity contribution in [1.29, 1.82) is 0 Å². The number of halogens is 1. The third-order valence-electron chi connectivity index (χ3n) is 4.38. The van der Waals surface area contributed by atoms with Gasteiger partial charge in [-0.2, -0.15) is 0 Å². The predicted molar refractivity (Wildman–Crippen MR) is 103 cm³/mol. The normalized spacial score (nSPS) is 14.2. The Bertz CT molecular complexity index is 942. The first kappa shape index (κ1) is 18.7. The van der Waals surface area contributed by atoms with Crippen molar-refractivity contribution in [2.45, 2.75) is 31.7 Å². The average molecular weight is 393 g/mol. The zero-order chi connectivity index (χ0) is 18.9. The smallest absolute Gasteiger partial charge is 0.261 e. The molecule has 1 aliphatic heterocycles. The summed E-state index contributed by atoms with van der Waals surface area (Å²) < 4.78 is 27.7. The van der Waals surface area contributed by atoms with Gasteiger partial charge in [-0.3, -0.25) is 9.52 Å². The van der Waals surface area contributed by atoms with E-state index in [4.69, 9.17) is 11.6 Å². The second-order valence-electron chi connectivity index (χ2n) is 6.71. The minimum absolute atomic E-state index is 0.0546. The largest absolute Gasteiger partial charge is 0.338 e. The molecular formula is C19H21ClN2O3S. The number of nitrogens with one attached hydrogen (secondary N) is 1. The highest BCUT2D eigenvalue weighted by atomic mass is 35.5. The molecule has 0 radical (unpaired) electrons. The maximum Gasteiger partial charge on any atom is 0.261 e. The van der Waals surface area contributed by atoms with Crippen molar-refractivity contribution in [1.82, 2.24) is 4.90 Å². The molecule has 3 rings (SSSR count). The van der Waals surface area contributed by atoms with Crippen LogP contribution in [-0.4, -0.2) is 25.8 Å². The summed E-state index contributed by atoms with van der Waals surface area (Å²) >= 11 is 5.89. The van der Waals surface area contributed by atoms with Gasteiger partial charge in [-0.1, -0.05) is 37.6 Å². The molecule has 2 aromatic carbocycles. The standard InChI is InChI=1S/C19H21ClN2O3S/c1-13(2)19(23)22-9-8-14-6-7-17(10-15(14)12-22)21-26(24,25)18-5-3-4-16(20)11-18/h3-7,10-11,13,21H,8-9,12H2,1-2H3. The Labute approximate surface area is 159 Å². The number of benzene rings is 2. The Morgan fingerprint density at radius 1 is 1.15 bits per heavy atom. The van der Waals surface area contributed by atoms with E-state index in [1.165, 1.54) is 12.1 Å². The van der Waals surface area contributed by atoms with Crippen LogP contribution in [0.15, 0.2) is 47.4 Å². The monoisotopic (exact) mass is 392 g/mol. The molecule has 0 aliphatic carbocycles. The molecule has 0 aromatic heterocycles. The summed E-state index contributed by atoms with van der Waals surface area (Å²) in [5.74, 6) is 0.0571. The van der Waals surface area contributed by atoms with E-state index in [2.05, 4.69) is 4.72 Å². The molecule has 1 heterocycles.